The molecule has 0 unspecified atom stereocenters. The molecular weight excluding hydrogens is 478 g/mol. The van der Waals surface area contributed by atoms with Gasteiger partial charge in [-0.3, -0.25) is 9.10 Å². The van der Waals surface area contributed by atoms with Gasteiger partial charge in [0.15, 0.2) is 0 Å². The maximum absolute atomic E-state index is 13.9. The Kier molecular flexibility index (Phi) is 6.70. The fourth-order valence-corrected chi connectivity index (χ4v) is 5.80. The summed E-state index contributed by atoms with van der Waals surface area (Å²) in [4.78, 5) is 18.5. The summed E-state index contributed by atoms with van der Waals surface area (Å²) in [6.07, 6.45) is -0.486. The molecule has 0 bridgehead atoms. The number of aromatic nitrogens is 1. The minimum atomic E-state index is -3.95. The van der Waals surface area contributed by atoms with Crippen LogP contribution in [-0.2, 0) is 14.8 Å². The number of benzene rings is 2. The standard InChI is InChI=1S/C27H31N3O5S/c1-18-8-6-9-21(14-18)36(33,34)30-17-20(16-27(2,3)26(31)32)35-24-13-12-19(15-23(24)30)22-10-7-11-25(28-22)29(4)5/h6-15,20H,16-17H2,1-5H3,(H,31,32)/t20-/m0/s1. The van der Waals surface area contributed by atoms with Crippen molar-refractivity contribution < 1.29 is 23.1 Å². The number of ether oxygens (including phenoxy) is 1. The van der Waals surface area contributed by atoms with E-state index in [0.717, 1.165) is 16.9 Å². The van der Waals surface area contributed by atoms with Gasteiger partial charge in [0.1, 0.15) is 17.7 Å². The van der Waals surface area contributed by atoms with Gasteiger partial charge in [0.25, 0.3) is 10.0 Å². The molecule has 36 heavy (non-hydrogen) atoms. The van der Waals surface area contributed by atoms with E-state index in [1.807, 2.05) is 56.3 Å². The quantitative estimate of drug-likeness (QED) is 0.498. The molecule has 0 radical (unpaired) electrons. The zero-order chi connectivity index (χ0) is 26.3. The van der Waals surface area contributed by atoms with Crippen LogP contribution in [0.5, 0.6) is 5.75 Å². The summed E-state index contributed by atoms with van der Waals surface area (Å²) in [7, 11) is -0.141. The van der Waals surface area contributed by atoms with Crippen molar-refractivity contribution >= 4 is 27.5 Å². The van der Waals surface area contributed by atoms with E-state index in [1.54, 1.807) is 44.2 Å². The van der Waals surface area contributed by atoms with Crippen molar-refractivity contribution in [1.29, 1.82) is 0 Å². The number of carboxylic acids is 1. The fraction of sp³-hybridized carbons (Fsp3) is 0.333. The third kappa shape index (κ3) is 5.02. The van der Waals surface area contributed by atoms with Gasteiger partial charge >= 0.3 is 5.97 Å². The summed E-state index contributed by atoms with van der Waals surface area (Å²) in [5.41, 5.74) is 1.58. The Morgan fingerprint density at radius 2 is 1.86 bits per heavy atom. The molecule has 4 rings (SSSR count). The van der Waals surface area contributed by atoms with Crippen LogP contribution < -0.4 is 13.9 Å². The van der Waals surface area contributed by atoms with Crippen LogP contribution in [0.4, 0.5) is 11.5 Å². The highest BCUT2D eigenvalue weighted by molar-refractivity contribution is 7.92. The first-order valence-electron chi connectivity index (χ1n) is 11.7. The molecule has 8 nitrogen and oxygen atoms in total. The molecule has 1 aliphatic heterocycles. The number of pyridine rings is 1. The Morgan fingerprint density at radius 3 is 2.53 bits per heavy atom. The van der Waals surface area contributed by atoms with Crippen molar-refractivity contribution in [3.63, 3.8) is 0 Å². The van der Waals surface area contributed by atoms with Crippen LogP contribution in [0, 0.1) is 12.3 Å². The second kappa shape index (κ2) is 9.46. The summed E-state index contributed by atoms with van der Waals surface area (Å²) < 4.78 is 35.2. The van der Waals surface area contributed by atoms with Crippen molar-refractivity contribution in [3.8, 4) is 17.0 Å². The van der Waals surface area contributed by atoms with Crippen molar-refractivity contribution in [2.75, 3.05) is 29.8 Å². The Morgan fingerprint density at radius 1 is 1.14 bits per heavy atom. The van der Waals surface area contributed by atoms with Crippen LogP contribution in [0.15, 0.2) is 65.6 Å². The highest BCUT2D eigenvalue weighted by Crippen LogP contribution is 2.41. The molecule has 0 saturated carbocycles. The van der Waals surface area contributed by atoms with E-state index in [2.05, 4.69) is 4.98 Å². The van der Waals surface area contributed by atoms with Crippen molar-refractivity contribution in [1.82, 2.24) is 4.98 Å². The van der Waals surface area contributed by atoms with Crippen LogP contribution in [0.1, 0.15) is 25.8 Å². The topological polar surface area (TPSA) is 100 Å². The zero-order valence-electron chi connectivity index (χ0n) is 21.1. The van der Waals surface area contributed by atoms with Gasteiger partial charge in [-0.15, -0.1) is 0 Å². The second-order valence-electron chi connectivity index (χ2n) is 9.94. The van der Waals surface area contributed by atoms with Gasteiger partial charge in [0.05, 0.1) is 28.2 Å². The summed E-state index contributed by atoms with van der Waals surface area (Å²) in [5, 5.41) is 9.63. The smallest absolute Gasteiger partial charge is 0.309 e. The molecule has 0 aliphatic carbocycles. The summed E-state index contributed by atoms with van der Waals surface area (Å²) >= 11 is 0. The van der Waals surface area contributed by atoms with Crippen molar-refractivity contribution in [2.24, 2.45) is 5.41 Å². The highest BCUT2D eigenvalue weighted by Gasteiger charge is 2.39. The molecule has 0 saturated heterocycles. The zero-order valence-corrected chi connectivity index (χ0v) is 21.9. The van der Waals surface area contributed by atoms with Gasteiger partial charge in [0.2, 0.25) is 0 Å². The molecule has 190 valence electrons. The summed E-state index contributed by atoms with van der Waals surface area (Å²) in [6, 6.07) is 17.8. The molecule has 3 aromatic rings. The molecule has 0 spiro atoms. The Labute approximate surface area is 212 Å². The Bertz CT molecular complexity index is 1400. The molecule has 0 amide bonds. The fourth-order valence-electron chi connectivity index (χ4n) is 4.20. The molecule has 1 aromatic heterocycles. The largest absolute Gasteiger partial charge is 0.486 e. The van der Waals surface area contributed by atoms with Crippen LogP contribution >= 0.6 is 0 Å². The molecule has 2 heterocycles. The van der Waals surface area contributed by atoms with Crippen LogP contribution in [-0.4, -0.2) is 51.2 Å². The minimum Gasteiger partial charge on any atom is -0.486 e. The van der Waals surface area contributed by atoms with E-state index in [1.165, 1.54) is 4.31 Å². The van der Waals surface area contributed by atoms with E-state index in [9.17, 15) is 18.3 Å². The van der Waals surface area contributed by atoms with Crippen LogP contribution in [0.3, 0.4) is 0 Å². The molecule has 0 fully saturated rings. The predicted octanol–water partition coefficient (Wildman–Crippen LogP) is 4.58. The lowest BCUT2D eigenvalue weighted by molar-refractivity contribution is -0.148. The van der Waals surface area contributed by atoms with Crippen molar-refractivity contribution in [3.05, 3.63) is 66.2 Å². The number of hydrogen-bond acceptors (Lipinski definition) is 6. The third-order valence-corrected chi connectivity index (χ3v) is 8.05. The van der Waals surface area contributed by atoms with Gasteiger partial charge in [-0.05, 0) is 68.8 Å². The van der Waals surface area contributed by atoms with Gasteiger partial charge in [-0.25, -0.2) is 13.4 Å². The van der Waals surface area contributed by atoms with Gasteiger partial charge in [-0.1, -0.05) is 18.2 Å². The lowest BCUT2D eigenvalue weighted by Gasteiger charge is -2.37. The van der Waals surface area contributed by atoms with E-state index in [0.29, 0.717) is 17.1 Å². The number of aryl methyl sites for hydroxylation is 1. The van der Waals surface area contributed by atoms with Crippen LogP contribution in [0.2, 0.25) is 0 Å². The molecule has 1 N–H and O–H groups in total. The number of anilines is 2. The SMILES string of the molecule is Cc1cccc(S(=O)(=O)N2C[C@H](CC(C)(C)C(=O)O)Oc3ccc(-c4cccc(N(C)C)n4)cc32)c1. The normalized spacial score (nSPS) is 15.7. The number of hydrogen-bond donors (Lipinski definition) is 1. The lowest BCUT2D eigenvalue weighted by atomic mass is 9.86. The first kappa shape index (κ1) is 25.5. The number of aliphatic carboxylic acids is 1. The second-order valence-corrected chi connectivity index (χ2v) is 11.8. The monoisotopic (exact) mass is 509 g/mol. The van der Waals surface area contributed by atoms with Crippen LogP contribution in [0.25, 0.3) is 11.3 Å². The van der Waals surface area contributed by atoms with Gasteiger partial charge < -0.3 is 14.7 Å². The van der Waals surface area contributed by atoms with E-state index in [4.69, 9.17) is 4.74 Å². The van der Waals surface area contributed by atoms with Crippen molar-refractivity contribution in [2.45, 2.75) is 38.2 Å². The first-order valence-corrected chi connectivity index (χ1v) is 13.1. The average molecular weight is 510 g/mol. The number of carbonyl (C=O) groups is 1. The van der Waals surface area contributed by atoms with Gasteiger partial charge in [-0.2, -0.15) is 0 Å². The molecule has 2 aromatic carbocycles. The molecule has 9 heteroatoms. The molecular formula is C27H31N3O5S. The summed E-state index contributed by atoms with van der Waals surface area (Å²) in [6.45, 7) is 5.06. The average Bonchev–Trinajstić information content (AvgIpc) is 2.83. The molecule has 1 atom stereocenters. The number of nitrogens with zero attached hydrogens (tertiary/aromatic N) is 3. The lowest BCUT2D eigenvalue weighted by Crippen LogP contribution is -2.46. The molecule has 1 aliphatic rings. The van der Waals surface area contributed by atoms with Gasteiger partial charge in [0, 0.05) is 26.1 Å². The van der Waals surface area contributed by atoms with E-state index in [-0.39, 0.29) is 17.9 Å². The highest BCUT2D eigenvalue weighted by atomic mass is 32.2. The Balaban J connectivity index is 1.82. The first-order chi connectivity index (χ1) is 16.9. The predicted molar refractivity (Wildman–Crippen MR) is 140 cm³/mol. The third-order valence-electron chi connectivity index (χ3n) is 6.27. The van der Waals surface area contributed by atoms with E-state index >= 15 is 0 Å². The number of fused-ring (bicyclic) bond motifs is 1. The maximum Gasteiger partial charge on any atom is 0.309 e. The van der Waals surface area contributed by atoms with E-state index < -0.39 is 27.5 Å². The maximum atomic E-state index is 13.9. The number of sulfonamides is 1. The number of rotatable bonds is 7. The Hall–Kier alpha value is -3.59. The summed E-state index contributed by atoms with van der Waals surface area (Å²) in [5.74, 6) is 0.199. The minimum absolute atomic E-state index is 0.00535. The number of carboxylic acid groups (broad SMARTS) is 1.